The Morgan fingerprint density at radius 2 is 1.79 bits per heavy atom. The van der Waals surface area contributed by atoms with Crippen LogP contribution in [0.3, 0.4) is 0 Å². The summed E-state index contributed by atoms with van der Waals surface area (Å²) in [5.41, 5.74) is -1.65. The summed E-state index contributed by atoms with van der Waals surface area (Å²) in [7, 11) is 0. The standard InChI is InChI=1S/C28H25F4N5O2/c29-22-23(20-10-18(38)9-15-3-1-2-4-19(15)20)33-11-21-24(22)35-26(39-14-27(7-8-27)28(30,31)32)36-25(21)37-12-16-5-6-17(13-37)34-16/h1-4,9-11,16-17,34,38H,5-8,12-14H2. The highest BCUT2D eigenvalue weighted by atomic mass is 19.4. The lowest BCUT2D eigenvalue weighted by molar-refractivity contribution is -0.194. The molecule has 0 radical (unpaired) electrons. The number of anilines is 1. The number of piperazine rings is 1. The molecule has 0 amide bonds. The smallest absolute Gasteiger partial charge is 0.397 e. The van der Waals surface area contributed by atoms with Crippen LogP contribution in [0.15, 0.2) is 42.6 Å². The highest BCUT2D eigenvalue weighted by Crippen LogP contribution is 2.57. The molecule has 4 aromatic rings. The normalized spacial score (nSPS) is 22.0. The fraction of sp³-hybridized carbons (Fsp3) is 0.393. The van der Waals surface area contributed by atoms with Gasteiger partial charge in [-0.15, -0.1) is 0 Å². The monoisotopic (exact) mass is 539 g/mol. The summed E-state index contributed by atoms with van der Waals surface area (Å²) in [4.78, 5) is 15.2. The molecule has 7 rings (SSSR count). The van der Waals surface area contributed by atoms with Crippen LogP contribution in [0.1, 0.15) is 25.7 Å². The Bertz CT molecular complexity index is 1590. The number of halogens is 4. The molecule has 2 N–H and O–H groups in total. The zero-order chi connectivity index (χ0) is 26.9. The van der Waals surface area contributed by atoms with Crippen LogP contribution in [0.25, 0.3) is 32.9 Å². The zero-order valence-electron chi connectivity index (χ0n) is 20.8. The molecule has 2 bridgehead atoms. The summed E-state index contributed by atoms with van der Waals surface area (Å²) < 4.78 is 62.5. The van der Waals surface area contributed by atoms with E-state index in [2.05, 4.69) is 20.3 Å². The highest BCUT2D eigenvalue weighted by molar-refractivity contribution is 5.99. The third kappa shape index (κ3) is 4.10. The molecule has 4 heterocycles. The van der Waals surface area contributed by atoms with E-state index in [-0.39, 0.29) is 47.9 Å². The van der Waals surface area contributed by atoms with Crippen molar-refractivity contribution in [3.8, 4) is 23.0 Å². The number of rotatable bonds is 5. The first-order valence-corrected chi connectivity index (χ1v) is 13.0. The fourth-order valence-electron chi connectivity index (χ4n) is 5.84. The van der Waals surface area contributed by atoms with Crippen molar-refractivity contribution in [2.75, 3.05) is 24.6 Å². The molecular formula is C28H25F4N5O2. The van der Waals surface area contributed by atoms with Crippen molar-refractivity contribution in [2.24, 2.45) is 5.41 Å². The van der Waals surface area contributed by atoms with E-state index in [1.165, 1.54) is 12.3 Å². The number of benzene rings is 2. The molecule has 2 atom stereocenters. The van der Waals surface area contributed by atoms with Crippen LogP contribution < -0.4 is 15.0 Å². The third-order valence-corrected chi connectivity index (χ3v) is 8.19. The van der Waals surface area contributed by atoms with Crippen molar-refractivity contribution in [1.29, 1.82) is 0 Å². The van der Waals surface area contributed by atoms with E-state index >= 15 is 4.39 Å². The molecule has 3 aliphatic rings. The largest absolute Gasteiger partial charge is 0.508 e. The Morgan fingerprint density at radius 3 is 2.51 bits per heavy atom. The number of fused-ring (bicyclic) bond motifs is 4. The maximum Gasteiger partial charge on any atom is 0.397 e. The van der Waals surface area contributed by atoms with Crippen molar-refractivity contribution in [3.05, 3.63) is 48.4 Å². The number of nitrogens with one attached hydrogen (secondary N) is 1. The lowest BCUT2D eigenvalue weighted by atomic mass is 10.00. The van der Waals surface area contributed by atoms with Crippen LogP contribution in [0, 0.1) is 11.2 Å². The number of phenols is 1. The van der Waals surface area contributed by atoms with E-state index in [1.54, 1.807) is 24.3 Å². The average molecular weight is 540 g/mol. The Labute approximate surface area is 220 Å². The minimum atomic E-state index is -4.40. The Balaban J connectivity index is 1.36. The predicted octanol–water partition coefficient (Wildman–Crippen LogP) is 5.35. The van der Waals surface area contributed by atoms with Crippen LogP contribution in [-0.2, 0) is 0 Å². The Hall–Kier alpha value is -3.73. The van der Waals surface area contributed by atoms with Gasteiger partial charge in [0.25, 0.3) is 0 Å². The number of hydrogen-bond acceptors (Lipinski definition) is 7. The Kier molecular flexibility index (Phi) is 5.39. The van der Waals surface area contributed by atoms with Crippen molar-refractivity contribution < 1.29 is 27.4 Å². The van der Waals surface area contributed by atoms with Gasteiger partial charge in [-0.05, 0) is 48.6 Å². The molecule has 1 aliphatic carbocycles. The second-order valence-corrected chi connectivity index (χ2v) is 10.8. The lowest BCUT2D eigenvalue weighted by Gasteiger charge is -2.34. The van der Waals surface area contributed by atoms with E-state index in [1.807, 2.05) is 11.0 Å². The Morgan fingerprint density at radius 1 is 1.05 bits per heavy atom. The van der Waals surface area contributed by atoms with Gasteiger partial charge in [-0.25, -0.2) is 4.39 Å². The molecule has 39 heavy (non-hydrogen) atoms. The topological polar surface area (TPSA) is 83.4 Å². The van der Waals surface area contributed by atoms with Crippen LogP contribution in [0.5, 0.6) is 11.8 Å². The van der Waals surface area contributed by atoms with Crippen molar-refractivity contribution in [1.82, 2.24) is 20.3 Å². The summed E-state index contributed by atoms with van der Waals surface area (Å²) in [6.45, 7) is 0.620. The molecule has 2 aromatic carbocycles. The third-order valence-electron chi connectivity index (χ3n) is 8.19. The first kappa shape index (κ1) is 24.3. The fourth-order valence-corrected chi connectivity index (χ4v) is 5.84. The van der Waals surface area contributed by atoms with Crippen LogP contribution >= 0.6 is 0 Å². The number of pyridine rings is 1. The SMILES string of the molecule is Oc1cc(-c2ncc3c(N4CC5CCC(C4)N5)nc(OCC4(C(F)(F)F)CC4)nc3c2F)c2ccccc2c1. The summed E-state index contributed by atoms with van der Waals surface area (Å²) in [5.74, 6) is -0.411. The summed E-state index contributed by atoms with van der Waals surface area (Å²) in [6.07, 6.45) is -0.945. The van der Waals surface area contributed by atoms with E-state index < -0.39 is 24.0 Å². The molecule has 0 spiro atoms. The molecule has 2 aliphatic heterocycles. The molecule has 7 nitrogen and oxygen atoms in total. The first-order chi connectivity index (χ1) is 18.7. The molecule has 202 valence electrons. The van der Waals surface area contributed by atoms with Crippen molar-refractivity contribution >= 4 is 27.5 Å². The number of aromatic hydroxyl groups is 1. The van der Waals surface area contributed by atoms with Gasteiger partial charge in [0.05, 0.1) is 5.39 Å². The van der Waals surface area contributed by atoms with Crippen LogP contribution in [0.2, 0.25) is 0 Å². The molecule has 11 heteroatoms. The van der Waals surface area contributed by atoms with Crippen molar-refractivity contribution in [3.63, 3.8) is 0 Å². The highest BCUT2D eigenvalue weighted by Gasteiger charge is 2.64. The minimum absolute atomic E-state index is 0.0227. The number of nitrogens with zero attached hydrogens (tertiary/aromatic N) is 4. The van der Waals surface area contributed by atoms with Gasteiger partial charge in [0.15, 0.2) is 5.82 Å². The molecular weight excluding hydrogens is 514 g/mol. The molecule has 3 fully saturated rings. The van der Waals surface area contributed by atoms with E-state index in [0.29, 0.717) is 40.6 Å². The molecule has 2 saturated heterocycles. The van der Waals surface area contributed by atoms with E-state index in [4.69, 9.17) is 4.74 Å². The summed E-state index contributed by atoms with van der Waals surface area (Å²) in [5, 5.41) is 15.6. The van der Waals surface area contributed by atoms with Crippen LogP contribution in [-0.4, -0.2) is 58.0 Å². The van der Waals surface area contributed by atoms with Gasteiger partial charge in [-0.2, -0.15) is 23.1 Å². The maximum atomic E-state index is 16.3. The number of aromatic nitrogens is 3. The predicted molar refractivity (Wildman–Crippen MR) is 137 cm³/mol. The number of alkyl halides is 3. The lowest BCUT2D eigenvalue weighted by Crippen LogP contribution is -2.51. The quantitative estimate of drug-likeness (QED) is 0.331. The minimum Gasteiger partial charge on any atom is -0.508 e. The van der Waals surface area contributed by atoms with Gasteiger partial charge in [-0.3, -0.25) is 4.98 Å². The number of phenolic OH excluding ortho intramolecular Hbond substituents is 1. The molecule has 1 saturated carbocycles. The molecule has 2 aromatic heterocycles. The maximum absolute atomic E-state index is 16.3. The van der Waals surface area contributed by atoms with Gasteiger partial charge < -0.3 is 20.1 Å². The van der Waals surface area contributed by atoms with Gasteiger partial charge in [-0.1, -0.05) is 24.3 Å². The zero-order valence-corrected chi connectivity index (χ0v) is 20.8. The van der Waals surface area contributed by atoms with E-state index in [9.17, 15) is 18.3 Å². The number of hydrogen-bond donors (Lipinski definition) is 2. The molecule has 2 unspecified atom stereocenters. The van der Waals surface area contributed by atoms with E-state index in [0.717, 1.165) is 12.8 Å². The van der Waals surface area contributed by atoms with Crippen LogP contribution in [0.4, 0.5) is 23.4 Å². The summed E-state index contributed by atoms with van der Waals surface area (Å²) >= 11 is 0. The van der Waals surface area contributed by atoms with Gasteiger partial charge in [0.1, 0.15) is 34.8 Å². The van der Waals surface area contributed by atoms with Gasteiger partial charge >= 0.3 is 12.2 Å². The second kappa shape index (κ2) is 8.64. The summed E-state index contributed by atoms with van der Waals surface area (Å²) in [6, 6.07) is 10.4. The van der Waals surface area contributed by atoms with Gasteiger partial charge in [0, 0.05) is 36.9 Å². The second-order valence-electron chi connectivity index (χ2n) is 10.8. The first-order valence-electron chi connectivity index (χ1n) is 13.0. The average Bonchev–Trinajstić information content (AvgIpc) is 3.65. The van der Waals surface area contributed by atoms with Gasteiger partial charge in [0.2, 0.25) is 0 Å². The van der Waals surface area contributed by atoms with Crippen molar-refractivity contribution in [2.45, 2.75) is 43.9 Å². The number of ether oxygens (including phenoxy) is 1.